The molecule has 0 heterocycles. The molecular weight excluding hydrogens is 251 g/mol. The normalized spacial score (nSPS) is 10.4. The summed E-state index contributed by atoms with van der Waals surface area (Å²) in [6.07, 6.45) is 0. The van der Waals surface area contributed by atoms with E-state index in [0.29, 0.717) is 5.56 Å². The fourth-order valence-electron chi connectivity index (χ4n) is 1.93. The average Bonchev–Trinajstić information content (AvgIpc) is 2.30. The summed E-state index contributed by atoms with van der Waals surface area (Å²) in [4.78, 5) is 12.3. The molecule has 0 saturated carbocycles. The van der Waals surface area contributed by atoms with Crippen LogP contribution < -0.4 is 0 Å². The van der Waals surface area contributed by atoms with E-state index in [2.05, 4.69) is 0 Å². The minimum absolute atomic E-state index is 0.196. The summed E-state index contributed by atoms with van der Waals surface area (Å²) in [7, 11) is 0. The van der Waals surface area contributed by atoms with Crippen molar-refractivity contribution in [3.8, 4) is 0 Å². The van der Waals surface area contributed by atoms with E-state index < -0.39 is 5.82 Å². The third kappa shape index (κ3) is 2.59. The molecule has 0 spiro atoms. The van der Waals surface area contributed by atoms with Crippen LogP contribution >= 0.6 is 11.6 Å². The van der Waals surface area contributed by atoms with E-state index in [9.17, 15) is 9.18 Å². The van der Waals surface area contributed by atoms with Crippen LogP contribution in [-0.4, -0.2) is 5.78 Å². The molecule has 0 amide bonds. The lowest BCUT2D eigenvalue weighted by molar-refractivity contribution is 0.103. The zero-order valence-electron chi connectivity index (χ0n) is 10.1. The number of aryl methyl sites for hydroxylation is 2. The summed E-state index contributed by atoms with van der Waals surface area (Å²) >= 11 is 5.93. The van der Waals surface area contributed by atoms with E-state index in [1.807, 2.05) is 19.9 Å². The van der Waals surface area contributed by atoms with Gasteiger partial charge in [-0.05, 0) is 44.2 Å². The second-order valence-corrected chi connectivity index (χ2v) is 4.74. The lowest BCUT2D eigenvalue weighted by Gasteiger charge is -2.06. The van der Waals surface area contributed by atoms with Gasteiger partial charge in [0.1, 0.15) is 5.82 Å². The van der Waals surface area contributed by atoms with Crippen molar-refractivity contribution in [2.75, 3.05) is 0 Å². The fourth-order valence-corrected chi connectivity index (χ4v) is 2.14. The predicted molar refractivity (Wildman–Crippen MR) is 70.8 cm³/mol. The molecule has 0 saturated heterocycles. The van der Waals surface area contributed by atoms with Crippen LogP contribution in [0.2, 0.25) is 5.02 Å². The van der Waals surface area contributed by atoms with Crippen LogP contribution in [0.25, 0.3) is 0 Å². The standard InChI is InChI=1S/C15H12ClFO/c1-9-5-10(2)7-11(6-9)15(18)13-8-12(17)3-4-14(13)16/h3-8H,1-2H3. The van der Waals surface area contributed by atoms with E-state index in [-0.39, 0.29) is 16.4 Å². The second-order valence-electron chi connectivity index (χ2n) is 4.33. The predicted octanol–water partition coefficient (Wildman–Crippen LogP) is 4.33. The van der Waals surface area contributed by atoms with Gasteiger partial charge in [0.15, 0.2) is 5.78 Å². The second kappa shape index (κ2) is 4.91. The highest BCUT2D eigenvalue weighted by atomic mass is 35.5. The van der Waals surface area contributed by atoms with Gasteiger partial charge in [-0.2, -0.15) is 0 Å². The summed E-state index contributed by atoms with van der Waals surface area (Å²) in [5, 5.41) is 0.264. The summed E-state index contributed by atoms with van der Waals surface area (Å²) in [6, 6.07) is 9.33. The first-order valence-corrected chi connectivity index (χ1v) is 5.93. The smallest absolute Gasteiger partial charge is 0.194 e. The van der Waals surface area contributed by atoms with E-state index in [4.69, 9.17) is 11.6 Å². The van der Waals surface area contributed by atoms with E-state index in [1.165, 1.54) is 18.2 Å². The highest BCUT2D eigenvalue weighted by Crippen LogP contribution is 2.21. The number of benzene rings is 2. The highest BCUT2D eigenvalue weighted by molar-refractivity contribution is 6.35. The average molecular weight is 263 g/mol. The number of hydrogen-bond acceptors (Lipinski definition) is 1. The maximum Gasteiger partial charge on any atom is 0.194 e. The van der Waals surface area contributed by atoms with Gasteiger partial charge in [0.05, 0.1) is 5.02 Å². The minimum Gasteiger partial charge on any atom is -0.289 e. The minimum atomic E-state index is -0.466. The Morgan fingerprint density at radius 1 is 1.06 bits per heavy atom. The zero-order chi connectivity index (χ0) is 13.3. The molecule has 0 atom stereocenters. The number of halogens is 2. The van der Waals surface area contributed by atoms with Gasteiger partial charge in [0.25, 0.3) is 0 Å². The zero-order valence-corrected chi connectivity index (χ0v) is 10.9. The lowest BCUT2D eigenvalue weighted by Crippen LogP contribution is -2.03. The van der Waals surface area contributed by atoms with Gasteiger partial charge in [-0.1, -0.05) is 28.8 Å². The molecule has 0 aliphatic carbocycles. The molecule has 0 radical (unpaired) electrons. The van der Waals surface area contributed by atoms with Crippen LogP contribution in [0.1, 0.15) is 27.0 Å². The van der Waals surface area contributed by atoms with Gasteiger partial charge in [0.2, 0.25) is 0 Å². The first-order chi connectivity index (χ1) is 8.47. The molecule has 0 aromatic heterocycles. The molecule has 0 N–H and O–H groups in total. The number of carbonyl (C=O) groups is 1. The van der Waals surface area contributed by atoms with Crippen molar-refractivity contribution in [3.63, 3.8) is 0 Å². The van der Waals surface area contributed by atoms with Crippen LogP contribution in [0.4, 0.5) is 4.39 Å². The van der Waals surface area contributed by atoms with Gasteiger partial charge in [-0.3, -0.25) is 4.79 Å². The van der Waals surface area contributed by atoms with Crippen molar-refractivity contribution in [1.82, 2.24) is 0 Å². The fraction of sp³-hybridized carbons (Fsp3) is 0.133. The molecule has 0 aliphatic heterocycles. The largest absolute Gasteiger partial charge is 0.289 e. The van der Waals surface area contributed by atoms with Crippen molar-refractivity contribution in [2.45, 2.75) is 13.8 Å². The molecule has 2 aromatic rings. The molecule has 1 nitrogen and oxygen atoms in total. The third-order valence-electron chi connectivity index (χ3n) is 2.66. The van der Waals surface area contributed by atoms with Gasteiger partial charge in [-0.15, -0.1) is 0 Å². The summed E-state index contributed by atoms with van der Waals surface area (Å²) in [5.74, 6) is -0.724. The summed E-state index contributed by atoms with van der Waals surface area (Å²) in [6.45, 7) is 3.83. The molecule has 3 heteroatoms. The number of ketones is 1. The van der Waals surface area contributed by atoms with Crippen LogP contribution in [-0.2, 0) is 0 Å². The number of rotatable bonds is 2. The molecule has 0 unspecified atom stereocenters. The van der Waals surface area contributed by atoms with Crippen molar-refractivity contribution >= 4 is 17.4 Å². The summed E-state index contributed by atoms with van der Waals surface area (Å²) in [5.41, 5.74) is 2.71. The Labute approximate surface area is 110 Å². The van der Waals surface area contributed by atoms with Crippen LogP contribution in [0.15, 0.2) is 36.4 Å². The van der Waals surface area contributed by atoms with Crippen LogP contribution in [0, 0.1) is 19.7 Å². The lowest BCUT2D eigenvalue weighted by atomic mass is 9.99. The van der Waals surface area contributed by atoms with Crippen molar-refractivity contribution in [1.29, 1.82) is 0 Å². The molecule has 0 aliphatic rings. The Kier molecular flexibility index (Phi) is 3.48. The first-order valence-electron chi connectivity index (χ1n) is 5.55. The molecular formula is C15H12ClFO. The molecule has 92 valence electrons. The number of carbonyl (C=O) groups excluding carboxylic acids is 1. The highest BCUT2D eigenvalue weighted by Gasteiger charge is 2.14. The van der Waals surface area contributed by atoms with Crippen LogP contribution in [0.3, 0.4) is 0 Å². The van der Waals surface area contributed by atoms with E-state index in [1.54, 1.807) is 12.1 Å². The van der Waals surface area contributed by atoms with Crippen molar-refractivity contribution in [2.24, 2.45) is 0 Å². The Balaban J connectivity index is 2.51. The van der Waals surface area contributed by atoms with Gasteiger partial charge >= 0.3 is 0 Å². The van der Waals surface area contributed by atoms with Gasteiger partial charge < -0.3 is 0 Å². The van der Waals surface area contributed by atoms with Gasteiger partial charge in [-0.25, -0.2) is 4.39 Å². The van der Waals surface area contributed by atoms with Crippen molar-refractivity contribution in [3.05, 3.63) is 69.5 Å². The molecule has 0 fully saturated rings. The quantitative estimate of drug-likeness (QED) is 0.737. The monoisotopic (exact) mass is 262 g/mol. The molecule has 0 bridgehead atoms. The van der Waals surface area contributed by atoms with E-state index in [0.717, 1.165) is 11.1 Å². The number of hydrogen-bond donors (Lipinski definition) is 0. The Hall–Kier alpha value is -1.67. The third-order valence-corrected chi connectivity index (χ3v) is 2.99. The topological polar surface area (TPSA) is 17.1 Å². The Morgan fingerprint density at radius 2 is 1.67 bits per heavy atom. The molecule has 18 heavy (non-hydrogen) atoms. The van der Waals surface area contributed by atoms with Crippen LogP contribution in [0.5, 0.6) is 0 Å². The van der Waals surface area contributed by atoms with E-state index >= 15 is 0 Å². The Morgan fingerprint density at radius 3 is 2.28 bits per heavy atom. The summed E-state index contributed by atoms with van der Waals surface area (Å²) < 4.78 is 13.2. The SMILES string of the molecule is Cc1cc(C)cc(C(=O)c2cc(F)ccc2Cl)c1. The van der Waals surface area contributed by atoms with Gasteiger partial charge in [0, 0.05) is 11.1 Å². The maximum atomic E-state index is 13.2. The molecule has 2 rings (SSSR count). The Bertz CT molecular complexity index is 600. The maximum absolute atomic E-state index is 13.2. The first kappa shape index (κ1) is 12.8. The molecule has 2 aromatic carbocycles. The van der Waals surface area contributed by atoms with Crippen molar-refractivity contribution < 1.29 is 9.18 Å².